The lowest BCUT2D eigenvalue weighted by molar-refractivity contribution is -0.115. The number of anilines is 2. The van der Waals surface area contributed by atoms with E-state index in [-0.39, 0.29) is 23.3 Å². The van der Waals surface area contributed by atoms with E-state index in [0.717, 1.165) is 5.56 Å². The van der Waals surface area contributed by atoms with E-state index < -0.39 is 5.91 Å². The number of nitrogens with one attached hydrogen (secondary N) is 2. The van der Waals surface area contributed by atoms with Crippen LogP contribution >= 0.6 is 23.2 Å². The maximum atomic E-state index is 12.5. The Labute approximate surface area is 164 Å². The molecule has 27 heavy (non-hydrogen) atoms. The molecule has 2 amide bonds. The summed E-state index contributed by atoms with van der Waals surface area (Å²) in [4.78, 5) is 33.1. The van der Waals surface area contributed by atoms with Crippen LogP contribution in [0, 0.1) is 0 Å². The first kappa shape index (κ1) is 17.5. The summed E-state index contributed by atoms with van der Waals surface area (Å²) in [5.41, 5.74) is 3.06. The number of benzene rings is 2. The number of carbonyl (C=O) groups is 2. The molecule has 2 N–H and O–H groups in total. The van der Waals surface area contributed by atoms with Crippen LogP contribution in [0.1, 0.15) is 15.9 Å². The summed E-state index contributed by atoms with van der Waals surface area (Å²) in [6.45, 7) is 0. The molecule has 1 aliphatic heterocycles. The van der Waals surface area contributed by atoms with Crippen LogP contribution in [0.3, 0.4) is 0 Å². The number of halogens is 2. The monoisotopic (exact) mass is 398 g/mol. The second-order valence-corrected chi connectivity index (χ2v) is 6.74. The molecule has 1 aromatic heterocycles. The summed E-state index contributed by atoms with van der Waals surface area (Å²) in [6.07, 6.45) is 1.71. The number of para-hydroxylation sites is 1. The van der Waals surface area contributed by atoms with Crippen molar-refractivity contribution in [1.29, 1.82) is 0 Å². The van der Waals surface area contributed by atoms with Gasteiger partial charge in [0.2, 0.25) is 11.9 Å². The van der Waals surface area contributed by atoms with Gasteiger partial charge in [0, 0.05) is 22.9 Å². The standard InChI is InChI=1S/C19H12Cl2N4O2/c20-13-6-5-10(7-14(13)21)18(27)25-19-22-9-11-8-16(26)23-15-4-2-1-3-12(15)17(11)24-19/h1-7,9H,8H2,(H,23,26)(H,22,24,25,27). The molecular weight excluding hydrogens is 387 g/mol. The molecule has 2 aromatic carbocycles. The van der Waals surface area contributed by atoms with Gasteiger partial charge in [0.05, 0.1) is 27.8 Å². The molecule has 0 bridgehead atoms. The lowest BCUT2D eigenvalue weighted by Crippen LogP contribution is -2.15. The summed E-state index contributed by atoms with van der Waals surface area (Å²) in [5, 5.41) is 6.14. The van der Waals surface area contributed by atoms with Crippen LogP contribution in [0.2, 0.25) is 10.0 Å². The third-order valence-electron chi connectivity index (χ3n) is 4.08. The highest BCUT2D eigenvalue weighted by Gasteiger charge is 2.21. The smallest absolute Gasteiger partial charge is 0.258 e. The molecule has 0 fully saturated rings. The average molecular weight is 399 g/mol. The Bertz CT molecular complexity index is 1090. The molecule has 0 atom stereocenters. The van der Waals surface area contributed by atoms with Gasteiger partial charge in [0.1, 0.15) is 0 Å². The fourth-order valence-corrected chi connectivity index (χ4v) is 3.10. The van der Waals surface area contributed by atoms with Crippen LogP contribution in [0.25, 0.3) is 11.3 Å². The fraction of sp³-hybridized carbons (Fsp3) is 0.0526. The maximum Gasteiger partial charge on any atom is 0.258 e. The van der Waals surface area contributed by atoms with Crippen molar-refractivity contribution >= 4 is 46.7 Å². The van der Waals surface area contributed by atoms with Crippen LogP contribution in [-0.2, 0) is 11.2 Å². The number of amides is 2. The second kappa shape index (κ2) is 6.98. The van der Waals surface area contributed by atoms with Gasteiger partial charge in [-0.15, -0.1) is 0 Å². The number of hydrogen-bond donors (Lipinski definition) is 2. The van der Waals surface area contributed by atoms with Crippen molar-refractivity contribution in [3.63, 3.8) is 0 Å². The highest BCUT2D eigenvalue weighted by molar-refractivity contribution is 6.42. The number of carbonyl (C=O) groups excluding carboxylic acids is 2. The predicted octanol–water partition coefficient (Wildman–Crippen LogP) is 4.20. The normalized spacial score (nSPS) is 12.4. The van der Waals surface area contributed by atoms with E-state index >= 15 is 0 Å². The van der Waals surface area contributed by atoms with Crippen molar-refractivity contribution in [3.05, 3.63) is 69.8 Å². The molecule has 0 saturated heterocycles. The molecule has 2 heterocycles. The van der Waals surface area contributed by atoms with Crippen LogP contribution in [0.15, 0.2) is 48.7 Å². The molecule has 0 unspecified atom stereocenters. The fourth-order valence-electron chi connectivity index (χ4n) is 2.81. The molecule has 8 heteroatoms. The molecule has 1 aliphatic rings. The van der Waals surface area contributed by atoms with Gasteiger partial charge in [0.15, 0.2) is 0 Å². The van der Waals surface area contributed by atoms with E-state index in [1.807, 2.05) is 18.2 Å². The minimum Gasteiger partial charge on any atom is -0.325 e. The average Bonchev–Trinajstić information content (AvgIpc) is 2.79. The summed E-state index contributed by atoms with van der Waals surface area (Å²) >= 11 is 11.8. The summed E-state index contributed by atoms with van der Waals surface area (Å²) in [6, 6.07) is 11.9. The first-order valence-electron chi connectivity index (χ1n) is 8.03. The van der Waals surface area contributed by atoms with Gasteiger partial charge < -0.3 is 5.32 Å². The maximum absolute atomic E-state index is 12.5. The molecule has 0 radical (unpaired) electrons. The number of hydrogen-bond acceptors (Lipinski definition) is 4. The zero-order chi connectivity index (χ0) is 19.0. The first-order chi connectivity index (χ1) is 13.0. The second-order valence-electron chi connectivity index (χ2n) is 5.92. The third-order valence-corrected chi connectivity index (χ3v) is 4.82. The van der Waals surface area contributed by atoms with E-state index in [0.29, 0.717) is 27.5 Å². The third kappa shape index (κ3) is 3.49. The van der Waals surface area contributed by atoms with Crippen molar-refractivity contribution in [2.45, 2.75) is 6.42 Å². The molecule has 0 saturated carbocycles. The molecule has 0 spiro atoms. The van der Waals surface area contributed by atoms with E-state index in [2.05, 4.69) is 20.6 Å². The van der Waals surface area contributed by atoms with Gasteiger partial charge in [0.25, 0.3) is 5.91 Å². The van der Waals surface area contributed by atoms with Crippen LogP contribution in [-0.4, -0.2) is 21.8 Å². The van der Waals surface area contributed by atoms with Crippen LogP contribution in [0.4, 0.5) is 11.6 Å². The minimum absolute atomic E-state index is 0.133. The van der Waals surface area contributed by atoms with Gasteiger partial charge in [-0.1, -0.05) is 41.4 Å². The molecular formula is C19H12Cl2N4O2. The Balaban J connectivity index is 1.69. The van der Waals surface area contributed by atoms with E-state index in [4.69, 9.17) is 23.2 Å². The van der Waals surface area contributed by atoms with E-state index in [1.54, 1.807) is 24.4 Å². The quantitative estimate of drug-likeness (QED) is 0.677. The van der Waals surface area contributed by atoms with Gasteiger partial charge in [-0.2, -0.15) is 0 Å². The molecule has 134 valence electrons. The lowest BCUT2D eigenvalue weighted by atomic mass is 10.1. The number of nitrogens with zero attached hydrogens (tertiary/aromatic N) is 2. The Morgan fingerprint density at radius 3 is 2.74 bits per heavy atom. The van der Waals surface area contributed by atoms with Crippen molar-refractivity contribution in [2.75, 3.05) is 10.6 Å². The van der Waals surface area contributed by atoms with Crippen LogP contribution < -0.4 is 10.6 Å². The molecule has 4 rings (SSSR count). The molecule has 3 aromatic rings. The first-order valence-corrected chi connectivity index (χ1v) is 8.78. The van der Waals surface area contributed by atoms with Gasteiger partial charge in [-0.3, -0.25) is 14.9 Å². The zero-order valence-corrected chi connectivity index (χ0v) is 15.3. The van der Waals surface area contributed by atoms with E-state index in [1.165, 1.54) is 6.07 Å². The number of rotatable bonds is 2. The largest absolute Gasteiger partial charge is 0.325 e. The summed E-state index contributed by atoms with van der Waals surface area (Å²) in [5.74, 6) is -0.420. The Hall–Kier alpha value is -2.96. The highest BCUT2D eigenvalue weighted by Crippen LogP contribution is 2.32. The minimum atomic E-state index is -0.412. The lowest BCUT2D eigenvalue weighted by Gasteiger charge is -2.10. The highest BCUT2D eigenvalue weighted by atomic mass is 35.5. The van der Waals surface area contributed by atoms with Crippen molar-refractivity contribution in [1.82, 2.24) is 9.97 Å². The Morgan fingerprint density at radius 1 is 1.11 bits per heavy atom. The zero-order valence-electron chi connectivity index (χ0n) is 13.8. The van der Waals surface area contributed by atoms with Crippen LogP contribution in [0.5, 0.6) is 0 Å². The van der Waals surface area contributed by atoms with Gasteiger partial charge in [-0.05, 0) is 24.3 Å². The SMILES string of the molecule is O=C1Cc2cnc(NC(=O)c3ccc(Cl)c(Cl)c3)nc2-c2ccccc2N1. The van der Waals surface area contributed by atoms with Crippen molar-refractivity contribution in [3.8, 4) is 11.3 Å². The number of fused-ring (bicyclic) bond motifs is 3. The predicted molar refractivity (Wildman–Crippen MR) is 104 cm³/mol. The molecule has 6 nitrogen and oxygen atoms in total. The van der Waals surface area contributed by atoms with E-state index in [9.17, 15) is 9.59 Å². The van der Waals surface area contributed by atoms with Crippen molar-refractivity contribution < 1.29 is 9.59 Å². The summed E-state index contributed by atoms with van der Waals surface area (Å²) < 4.78 is 0. The summed E-state index contributed by atoms with van der Waals surface area (Å²) in [7, 11) is 0. The Kier molecular flexibility index (Phi) is 4.51. The van der Waals surface area contributed by atoms with Gasteiger partial charge >= 0.3 is 0 Å². The number of aromatic nitrogens is 2. The molecule has 0 aliphatic carbocycles. The van der Waals surface area contributed by atoms with Crippen molar-refractivity contribution in [2.24, 2.45) is 0 Å². The van der Waals surface area contributed by atoms with Gasteiger partial charge in [-0.25, -0.2) is 9.97 Å². The Morgan fingerprint density at radius 2 is 1.93 bits per heavy atom. The topological polar surface area (TPSA) is 84.0 Å².